The van der Waals surface area contributed by atoms with E-state index in [2.05, 4.69) is 32.6 Å². The minimum absolute atomic E-state index is 0.0560. The molecular weight excluding hydrogens is 371 g/mol. The number of aromatic carboxylic acids is 1. The number of halogens is 1. The molecular formula is C14H13IN2O3. The van der Waals surface area contributed by atoms with E-state index < -0.39 is 5.97 Å². The van der Waals surface area contributed by atoms with Crippen molar-refractivity contribution in [1.29, 1.82) is 0 Å². The molecule has 5 nitrogen and oxygen atoms in total. The van der Waals surface area contributed by atoms with E-state index in [0.29, 0.717) is 11.6 Å². The molecule has 0 atom stereocenters. The maximum atomic E-state index is 11.3. The van der Waals surface area contributed by atoms with Crippen LogP contribution in [0.4, 0.5) is 0 Å². The SMILES string of the molecule is CC(C)c1ncc(Oc2ccc(I)cc2)c(C(=O)O)n1. The number of benzene rings is 1. The summed E-state index contributed by atoms with van der Waals surface area (Å²) in [6.45, 7) is 3.81. The van der Waals surface area contributed by atoms with E-state index in [0.717, 1.165) is 3.57 Å². The molecule has 0 saturated carbocycles. The summed E-state index contributed by atoms with van der Waals surface area (Å²) >= 11 is 2.18. The van der Waals surface area contributed by atoms with E-state index in [1.807, 2.05) is 26.0 Å². The first-order valence-electron chi connectivity index (χ1n) is 6.01. The van der Waals surface area contributed by atoms with Crippen LogP contribution in [0.25, 0.3) is 0 Å². The fourth-order valence-corrected chi connectivity index (χ4v) is 1.88. The van der Waals surface area contributed by atoms with Crippen molar-refractivity contribution in [2.24, 2.45) is 0 Å². The minimum Gasteiger partial charge on any atom is -0.476 e. The summed E-state index contributed by atoms with van der Waals surface area (Å²) in [5.74, 6) is 0.101. The van der Waals surface area contributed by atoms with Crippen molar-refractivity contribution < 1.29 is 14.6 Å². The first kappa shape index (κ1) is 14.7. The summed E-state index contributed by atoms with van der Waals surface area (Å²) in [6.07, 6.45) is 1.41. The van der Waals surface area contributed by atoms with Gasteiger partial charge in [0.2, 0.25) is 0 Å². The standard InChI is InChI=1S/C14H13IN2O3/c1-8(2)13-16-7-11(12(17-13)14(18)19)20-10-5-3-9(15)4-6-10/h3-8H,1-2H3,(H,18,19). The molecule has 6 heteroatoms. The van der Waals surface area contributed by atoms with Gasteiger partial charge in [-0.1, -0.05) is 13.8 Å². The highest BCUT2D eigenvalue weighted by Crippen LogP contribution is 2.25. The van der Waals surface area contributed by atoms with Gasteiger partial charge in [-0.25, -0.2) is 14.8 Å². The van der Waals surface area contributed by atoms with Crippen LogP contribution in [-0.4, -0.2) is 21.0 Å². The van der Waals surface area contributed by atoms with E-state index in [9.17, 15) is 9.90 Å². The zero-order chi connectivity index (χ0) is 14.7. The lowest BCUT2D eigenvalue weighted by atomic mass is 10.2. The maximum Gasteiger partial charge on any atom is 0.358 e. The maximum absolute atomic E-state index is 11.3. The summed E-state index contributed by atoms with van der Waals surface area (Å²) < 4.78 is 6.62. The monoisotopic (exact) mass is 384 g/mol. The van der Waals surface area contributed by atoms with Crippen molar-refractivity contribution in [3.8, 4) is 11.5 Å². The Morgan fingerprint density at radius 3 is 2.50 bits per heavy atom. The normalized spacial score (nSPS) is 10.6. The number of carboxylic acid groups (broad SMARTS) is 1. The highest BCUT2D eigenvalue weighted by molar-refractivity contribution is 14.1. The van der Waals surface area contributed by atoms with Crippen molar-refractivity contribution in [3.63, 3.8) is 0 Å². The van der Waals surface area contributed by atoms with Crippen LogP contribution in [0, 0.1) is 3.57 Å². The predicted octanol–water partition coefficient (Wildman–Crippen LogP) is 3.70. The lowest BCUT2D eigenvalue weighted by molar-refractivity contribution is 0.0686. The van der Waals surface area contributed by atoms with Crippen LogP contribution in [0.3, 0.4) is 0 Å². The molecule has 0 spiro atoms. The minimum atomic E-state index is -1.13. The Morgan fingerprint density at radius 1 is 1.30 bits per heavy atom. The Hall–Kier alpha value is -1.70. The van der Waals surface area contributed by atoms with Crippen LogP contribution in [0.15, 0.2) is 30.5 Å². The number of hydrogen-bond donors (Lipinski definition) is 1. The van der Waals surface area contributed by atoms with Crippen LogP contribution in [-0.2, 0) is 0 Å². The smallest absolute Gasteiger partial charge is 0.358 e. The molecule has 1 aromatic heterocycles. The molecule has 1 aromatic carbocycles. The summed E-state index contributed by atoms with van der Waals surface area (Å²) in [6, 6.07) is 7.28. The second kappa shape index (κ2) is 6.17. The summed E-state index contributed by atoms with van der Waals surface area (Å²) in [5, 5.41) is 9.22. The first-order chi connectivity index (χ1) is 9.47. The Balaban J connectivity index is 2.35. The fraction of sp³-hybridized carbons (Fsp3) is 0.214. The van der Waals surface area contributed by atoms with Crippen molar-refractivity contribution in [2.75, 3.05) is 0 Å². The summed E-state index contributed by atoms with van der Waals surface area (Å²) in [7, 11) is 0. The van der Waals surface area contributed by atoms with Crippen LogP contribution in [0.5, 0.6) is 11.5 Å². The largest absolute Gasteiger partial charge is 0.476 e. The van der Waals surface area contributed by atoms with Crippen LogP contribution < -0.4 is 4.74 Å². The highest BCUT2D eigenvalue weighted by atomic mass is 127. The quantitative estimate of drug-likeness (QED) is 0.814. The average molecular weight is 384 g/mol. The molecule has 0 aliphatic heterocycles. The molecule has 0 radical (unpaired) electrons. The number of hydrogen-bond acceptors (Lipinski definition) is 4. The Morgan fingerprint density at radius 2 is 1.95 bits per heavy atom. The van der Waals surface area contributed by atoms with E-state index in [1.54, 1.807) is 12.1 Å². The van der Waals surface area contributed by atoms with Crippen LogP contribution in [0.2, 0.25) is 0 Å². The van der Waals surface area contributed by atoms with E-state index in [4.69, 9.17) is 4.74 Å². The number of rotatable bonds is 4. The summed E-state index contributed by atoms with van der Waals surface area (Å²) in [4.78, 5) is 19.5. The molecule has 104 valence electrons. The second-order valence-electron chi connectivity index (χ2n) is 4.46. The van der Waals surface area contributed by atoms with Gasteiger partial charge in [-0.2, -0.15) is 0 Å². The van der Waals surface area contributed by atoms with Gasteiger partial charge in [0.05, 0.1) is 6.20 Å². The molecule has 0 fully saturated rings. The number of ether oxygens (including phenoxy) is 1. The van der Waals surface area contributed by atoms with Gasteiger partial charge in [-0.05, 0) is 46.9 Å². The molecule has 0 aliphatic carbocycles. The van der Waals surface area contributed by atoms with Gasteiger partial charge in [0.25, 0.3) is 0 Å². The first-order valence-corrected chi connectivity index (χ1v) is 7.09. The lowest BCUT2D eigenvalue weighted by Crippen LogP contribution is -2.08. The number of carboxylic acids is 1. The molecule has 0 amide bonds. The Kier molecular flexibility index (Phi) is 4.53. The molecule has 20 heavy (non-hydrogen) atoms. The Bertz CT molecular complexity index is 627. The van der Waals surface area contributed by atoms with Gasteiger partial charge in [-0.3, -0.25) is 0 Å². The summed E-state index contributed by atoms with van der Waals surface area (Å²) in [5.41, 5.74) is -0.123. The van der Waals surface area contributed by atoms with Gasteiger partial charge >= 0.3 is 5.97 Å². The van der Waals surface area contributed by atoms with Crippen LogP contribution in [0.1, 0.15) is 36.1 Å². The van der Waals surface area contributed by atoms with E-state index >= 15 is 0 Å². The molecule has 1 N–H and O–H groups in total. The second-order valence-corrected chi connectivity index (χ2v) is 5.70. The molecule has 2 rings (SSSR count). The average Bonchev–Trinajstić information content (AvgIpc) is 2.41. The topological polar surface area (TPSA) is 72.3 Å². The third-order valence-corrected chi connectivity index (χ3v) is 3.25. The van der Waals surface area contributed by atoms with E-state index in [1.165, 1.54) is 6.20 Å². The molecule has 0 bridgehead atoms. The van der Waals surface area contributed by atoms with Crippen molar-refractivity contribution >= 4 is 28.6 Å². The molecule has 1 heterocycles. The van der Waals surface area contributed by atoms with Gasteiger partial charge in [0.15, 0.2) is 11.4 Å². The van der Waals surface area contributed by atoms with Crippen molar-refractivity contribution in [3.05, 3.63) is 45.6 Å². The van der Waals surface area contributed by atoms with Crippen LogP contribution >= 0.6 is 22.6 Å². The lowest BCUT2D eigenvalue weighted by Gasteiger charge is -2.10. The third-order valence-electron chi connectivity index (χ3n) is 2.53. The van der Waals surface area contributed by atoms with Gasteiger partial charge in [-0.15, -0.1) is 0 Å². The van der Waals surface area contributed by atoms with Gasteiger partial charge in [0, 0.05) is 9.49 Å². The number of nitrogens with zero attached hydrogens (tertiary/aromatic N) is 2. The van der Waals surface area contributed by atoms with Gasteiger partial charge in [0.1, 0.15) is 11.6 Å². The molecule has 0 unspecified atom stereocenters. The van der Waals surface area contributed by atoms with Crippen molar-refractivity contribution in [2.45, 2.75) is 19.8 Å². The zero-order valence-electron chi connectivity index (χ0n) is 11.0. The molecule has 0 aliphatic rings. The van der Waals surface area contributed by atoms with E-state index in [-0.39, 0.29) is 17.4 Å². The fourth-order valence-electron chi connectivity index (χ4n) is 1.52. The number of aromatic nitrogens is 2. The van der Waals surface area contributed by atoms with Gasteiger partial charge < -0.3 is 9.84 Å². The van der Waals surface area contributed by atoms with Crippen molar-refractivity contribution in [1.82, 2.24) is 9.97 Å². The Labute approximate surface area is 130 Å². The number of carbonyl (C=O) groups is 1. The molecule has 0 saturated heterocycles. The predicted molar refractivity (Wildman–Crippen MR) is 82.3 cm³/mol. The third kappa shape index (κ3) is 3.44. The highest BCUT2D eigenvalue weighted by Gasteiger charge is 2.17. The molecule has 2 aromatic rings. The zero-order valence-corrected chi connectivity index (χ0v) is 13.2.